The van der Waals surface area contributed by atoms with Crippen LogP contribution in [0.25, 0.3) is 11.6 Å². The topological polar surface area (TPSA) is 138 Å². The molecule has 0 saturated carbocycles. The van der Waals surface area contributed by atoms with Gasteiger partial charge in [0, 0.05) is 29.0 Å². The maximum absolute atomic E-state index is 15.5. The van der Waals surface area contributed by atoms with Crippen LogP contribution in [0, 0.1) is 17.7 Å². The molecule has 1 fully saturated rings. The number of amides is 1. The molecule has 0 unspecified atom stereocenters. The number of rotatable bonds is 12. The van der Waals surface area contributed by atoms with Gasteiger partial charge in [0.15, 0.2) is 34.5 Å². The van der Waals surface area contributed by atoms with Crippen LogP contribution in [0.5, 0.6) is 51.7 Å². The van der Waals surface area contributed by atoms with Crippen LogP contribution < -0.4 is 47.9 Å². The lowest BCUT2D eigenvalue weighted by molar-refractivity contribution is -0.141. The molecule has 2 heterocycles. The second kappa shape index (κ2) is 15.2. The first-order chi connectivity index (χ1) is 26.7. The van der Waals surface area contributed by atoms with Crippen LogP contribution in [0.1, 0.15) is 39.8 Å². The van der Waals surface area contributed by atoms with Crippen molar-refractivity contribution in [1.29, 1.82) is 0 Å². The zero-order valence-electron chi connectivity index (χ0n) is 31.3. The lowest BCUT2D eigenvalue weighted by Crippen LogP contribution is -2.43. The summed E-state index contributed by atoms with van der Waals surface area (Å²) in [5, 5.41) is 3.19. The fraction of sp³-hybridized carbons (Fsp3) is 0.317. The zero-order chi connectivity index (χ0) is 39.0. The first-order valence-electron chi connectivity index (χ1n) is 17.2. The number of ether oxygens (including phenoxy) is 10. The van der Waals surface area contributed by atoms with Crippen molar-refractivity contribution < 1.29 is 61.3 Å². The van der Waals surface area contributed by atoms with Gasteiger partial charge in [-0.1, -0.05) is 0 Å². The molecular weight excluding hydrogens is 717 g/mol. The summed E-state index contributed by atoms with van der Waals surface area (Å²) in [5.74, 6) is -0.166. The van der Waals surface area contributed by atoms with Crippen LogP contribution in [0.2, 0.25) is 0 Å². The molecule has 0 aromatic heterocycles. The van der Waals surface area contributed by atoms with Gasteiger partial charge >= 0.3 is 5.97 Å². The number of fused-ring (bicyclic) bond motifs is 3. The molecule has 1 saturated heterocycles. The molecular formula is C41H40FNO12. The number of methoxy groups -OCH3 is 7. The minimum atomic E-state index is -0.780. The normalized spacial score (nSPS) is 19.4. The average Bonchev–Trinajstić information content (AvgIpc) is 3.84. The molecule has 0 bridgehead atoms. The van der Waals surface area contributed by atoms with E-state index in [0.717, 1.165) is 0 Å². The smallest absolute Gasteiger partial charge is 0.310 e. The van der Waals surface area contributed by atoms with Crippen molar-refractivity contribution in [3.8, 4) is 51.7 Å². The van der Waals surface area contributed by atoms with Gasteiger partial charge in [-0.3, -0.25) is 9.59 Å². The van der Waals surface area contributed by atoms with E-state index in [1.807, 2.05) is 12.1 Å². The van der Waals surface area contributed by atoms with E-state index in [1.54, 1.807) is 30.3 Å². The number of cyclic esters (lactones) is 1. The predicted molar refractivity (Wildman–Crippen MR) is 196 cm³/mol. The number of carbonyl (C=O) groups is 2. The van der Waals surface area contributed by atoms with Crippen molar-refractivity contribution in [2.75, 3.05) is 63.2 Å². The molecule has 7 rings (SSSR count). The maximum Gasteiger partial charge on any atom is 0.310 e. The van der Waals surface area contributed by atoms with Gasteiger partial charge < -0.3 is 52.7 Å². The summed E-state index contributed by atoms with van der Waals surface area (Å²) in [4.78, 5) is 28.6. The number of esters is 1. The van der Waals surface area contributed by atoms with Gasteiger partial charge in [0.1, 0.15) is 11.6 Å². The molecule has 4 aromatic rings. The van der Waals surface area contributed by atoms with E-state index in [-0.39, 0.29) is 36.0 Å². The third-order valence-corrected chi connectivity index (χ3v) is 10.2. The van der Waals surface area contributed by atoms with E-state index in [1.165, 1.54) is 68.0 Å². The molecule has 3 aliphatic rings. The maximum atomic E-state index is 15.5. The Kier molecular flexibility index (Phi) is 10.2. The molecule has 0 spiro atoms. The van der Waals surface area contributed by atoms with Gasteiger partial charge in [0.05, 0.1) is 68.3 Å². The van der Waals surface area contributed by atoms with Crippen molar-refractivity contribution in [3.63, 3.8) is 0 Å². The van der Waals surface area contributed by atoms with Gasteiger partial charge in [0.25, 0.3) is 5.91 Å². The van der Waals surface area contributed by atoms with Crippen LogP contribution in [0.3, 0.4) is 0 Å². The Bertz CT molecular complexity index is 2130. The highest BCUT2D eigenvalue weighted by Gasteiger charge is 2.53. The monoisotopic (exact) mass is 757 g/mol. The average molecular weight is 758 g/mol. The highest BCUT2D eigenvalue weighted by Crippen LogP contribution is 2.56. The SMILES string of the molecule is COc1ccc(/C=C(/C(=O)N[C@@H]2c3cc4c(cc3[C@@H](c3cc(OC)c(OC)c(OC)c3)[C@H]3C(=O)OC[C@@H]32)OCO4)c2cc(OC)c(OC)c(OC)c2)c(F)c1. The number of benzene rings is 4. The molecule has 13 nitrogen and oxygen atoms in total. The first kappa shape index (κ1) is 37.0. The van der Waals surface area contributed by atoms with Crippen LogP contribution in [0.15, 0.2) is 54.6 Å². The number of hydrogen-bond donors (Lipinski definition) is 1. The van der Waals surface area contributed by atoms with Gasteiger partial charge in [0.2, 0.25) is 18.3 Å². The molecule has 288 valence electrons. The summed E-state index contributed by atoms with van der Waals surface area (Å²) < 4.78 is 71.7. The van der Waals surface area contributed by atoms with Crippen molar-refractivity contribution in [1.82, 2.24) is 5.32 Å². The summed E-state index contributed by atoms with van der Waals surface area (Å²) in [6.07, 6.45) is 1.43. The largest absolute Gasteiger partial charge is 0.497 e. The van der Waals surface area contributed by atoms with E-state index in [9.17, 15) is 9.59 Å². The van der Waals surface area contributed by atoms with Crippen molar-refractivity contribution in [3.05, 3.63) is 88.2 Å². The van der Waals surface area contributed by atoms with Crippen molar-refractivity contribution >= 4 is 23.5 Å². The molecule has 4 aromatic carbocycles. The Labute approximate surface area is 316 Å². The van der Waals surface area contributed by atoms with Gasteiger partial charge in [-0.2, -0.15) is 0 Å². The van der Waals surface area contributed by atoms with Crippen LogP contribution in [-0.2, 0) is 14.3 Å². The number of nitrogens with one attached hydrogen (secondary N) is 1. The lowest BCUT2D eigenvalue weighted by atomic mass is 9.65. The summed E-state index contributed by atoms with van der Waals surface area (Å²) in [6.45, 7) is 0.0139. The molecule has 14 heteroatoms. The second-order valence-electron chi connectivity index (χ2n) is 12.9. The van der Waals surface area contributed by atoms with Gasteiger partial charge in [-0.25, -0.2) is 4.39 Å². The molecule has 0 radical (unpaired) electrons. The molecule has 1 amide bonds. The van der Waals surface area contributed by atoms with E-state index in [0.29, 0.717) is 62.5 Å². The quantitative estimate of drug-likeness (QED) is 0.104. The third-order valence-electron chi connectivity index (χ3n) is 10.2. The van der Waals surface area contributed by atoms with E-state index in [2.05, 4.69) is 5.32 Å². The van der Waals surface area contributed by atoms with Crippen LogP contribution in [0.4, 0.5) is 4.39 Å². The van der Waals surface area contributed by atoms with Gasteiger partial charge in [-0.15, -0.1) is 0 Å². The lowest BCUT2D eigenvalue weighted by Gasteiger charge is -2.39. The molecule has 1 N–H and O–H groups in total. The molecule has 1 aliphatic carbocycles. The minimum absolute atomic E-state index is 0.000443. The van der Waals surface area contributed by atoms with Crippen LogP contribution in [-0.4, -0.2) is 75.0 Å². The Hall–Kier alpha value is -6.31. The first-order valence-corrected chi connectivity index (χ1v) is 17.2. The number of hydrogen-bond acceptors (Lipinski definition) is 12. The highest BCUT2D eigenvalue weighted by atomic mass is 19.1. The second-order valence-corrected chi connectivity index (χ2v) is 12.9. The molecule has 2 aliphatic heterocycles. The number of halogens is 1. The Morgan fingerprint density at radius 3 is 1.85 bits per heavy atom. The Morgan fingerprint density at radius 2 is 1.31 bits per heavy atom. The molecule has 4 atom stereocenters. The Morgan fingerprint density at radius 1 is 0.727 bits per heavy atom. The van der Waals surface area contributed by atoms with Crippen molar-refractivity contribution in [2.24, 2.45) is 11.8 Å². The van der Waals surface area contributed by atoms with Crippen molar-refractivity contribution in [2.45, 2.75) is 12.0 Å². The van der Waals surface area contributed by atoms with Gasteiger partial charge in [-0.05, 0) is 76.9 Å². The Balaban J connectivity index is 1.39. The number of carbonyl (C=O) groups excluding carboxylic acids is 2. The fourth-order valence-electron chi connectivity index (χ4n) is 7.67. The summed E-state index contributed by atoms with van der Waals surface area (Å²) in [6, 6.07) is 14.0. The van der Waals surface area contributed by atoms with E-state index < -0.39 is 41.5 Å². The summed E-state index contributed by atoms with van der Waals surface area (Å²) in [7, 11) is 10.4. The molecule has 55 heavy (non-hydrogen) atoms. The fourth-order valence-corrected chi connectivity index (χ4v) is 7.67. The van der Waals surface area contributed by atoms with E-state index in [4.69, 9.17) is 47.4 Å². The summed E-state index contributed by atoms with van der Waals surface area (Å²) in [5.41, 5.74) is 2.60. The van der Waals surface area contributed by atoms with E-state index >= 15 is 4.39 Å². The minimum Gasteiger partial charge on any atom is -0.497 e. The highest BCUT2D eigenvalue weighted by molar-refractivity contribution is 6.24. The summed E-state index contributed by atoms with van der Waals surface area (Å²) >= 11 is 0. The third kappa shape index (κ3) is 6.51. The standard InChI is InChI=1S/C41H40FNO12/c1-46-23-9-8-20(28(42)15-23)10-24(21-11-31(47-2)38(51-6)32(12-21)48-3)40(44)43-37-26-17-30-29(54-19-55-30)16-25(26)35(36-27(37)18-53-41(36)45)22-13-33(49-4)39(52-7)34(14-22)50-5/h8-17,27,35-37H,18-19H2,1-7H3,(H,43,44)/b24-10+/t27-,35+,36-,37+/m0/s1. The predicted octanol–water partition coefficient (Wildman–Crippen LogP) is 5.95. The zero-order valence-corrected chi connectivity index (χ0v) is 31.3. The van der Waals surface area contributed by atoms with Crippen LogP contribution >= 0.6 is 0 Å².